The van der Waals surface area contributed by atoms with Gasteiger partial charge in [0, 0.05) is 46.6 Å². The molecule has 1 fully saturated rings. The number of nitrogens with one attached hydrogen (secondary N) is 3. The summed E-state index contributed by atoms with van der Waals surface area (Å²) in [7, 11) is 0. The Morgan fingerprint density at radius 3 is 2.19 bits per heavy atom. The largest absolute Gasteiger partial charge is 0.371 e. The van der Waals surface area contributed by atoms with Crippen molar-refractivity contribution in [2.75, 3.05) is 28.6 Å². The lowest BCUT2D eigenvalue weighted by molar-refractivity contribution is -0.128. The first kappa shape index (κ1) is 31.8. The number of carbonyl (C=O) groups is 3. The van der Waals surface area contributed by atoms with Crippen LogP contribution in [0.25, 0.3) is 0 Å². The van der Waals surface area contributed by atoms with Crippen molar-refractivity contribution >= 4 is 73.9 Å². The first-order valence-electron chi connectivity index (χ1n) is 13.5. The molecule has 3 N–H and O–H groups in total. The zero-order chi connectivity index (χ0) is 30.6. The van der Waals surface area contributed by atoms with Crippen molar-refractivity contribution in [1.29, 1.82) is 0 Å². The van der Waals surface area contributed by atoms with Gasteiger partial charge >= 0.3 is 0 Å². The summed E-state index contributed by atoms with van der Waals surface area (Å²) in [6.45, 7) is 6.45. The van der Waals surface area contributed by atoms with E-state index >= 15 is 0 Å². The second kappa shape index (κ2) is 13.4. The molecule has 0 atom stereocenters. The van der Waals surface area contributed by atoms with E-state index in [2.05, 4.69) is 31.9 Å². The summed E-state index contributed by atoms with van der Waals surface area (Å²) in [6.07, 6.45) is -0.127. The van der Waals surface area contributed by atoms with Crippen LogP contribution in [0.2, 0.25) is 10.0 Å². The number of hydrogen-bond donors (Lipinski definition) is 3. The fraction of sp³-hybridized carbons (Fsp3) is 0.323. The standard InChI is InChI=1S/C31H32BrCl2FN4O3/c1-31(2,3)30(42)36-17-18-4-10-24(33)26(27(18)34)29(41)38-22-9-11-25(39-14-12-20(35)13-15-39)23(16-22)28(40)37-21-7-5-19(32)6-8-21/h4-11,16,20H,12-15,17H2,1-3H3,(H,36,42)(H,37,40)(H,38,41). The van der Waals surface area contributed by atoms with Gasteiger partial charge in [0.2, 0.25) is 5.91 Å². The van der Waals surface area contributed by atoms with Gasteiger partial charge in [0.25, 0.3) is 11.8 Å². The van der Waals surface area contributed by atoms with E-state index in [0.29, 0.717) is 54.1 Å². The first-order valence-corrected chi connectivity index (χ1v) is 15.0. The number of alkyl halides is 1. The Hall–Kier alpha value is -3.14. The summed E-state index contributed by atoms with van der Waals surface area (Å²) in [5.74, 6) is -1.11. The number of halogens is 4. The summed E-state index contributed by atoms with van der Waals surface area (Å²) in [6, 6.07) is 15.4. The van der Waals surface area contributed by atoms with E-state index < -0.39 is 17.5 Å². The normalized spacial score (nSPS) is 13.9. The Balaban J connectivity index is 1.60. The van der Waals surface area contributed by atoms with E-state index in [-0.39, 0.29) is 34.0 Å². The van der Waals surface area contributed by atoms with E-state index in [1.807, 2.05) is 17.0 Å². The number of benzene rings is 3. The predicted molar refractivity (Wildman–Crippen MR) is 171 cm³/mol. The molecule has 1 heterocycles. The minimum Gasteiger partial charge on any atom is -0.371 e. The molecule has 0 spiro atoms. The number of rotatable bonds is 7. The molecule has 0 aliphatic carbocycles. The minimum absolute atomic E-state index is 0.0517. The molecule has 222 valence electrons. The molecule has 3 amide bonds. The van der Waals surface area contributed by atoms with Crippen molar-refractivity contribution in [3.8, 4) is 0 Å². The van der Waals surface area contributed by atoms with E-state index in [1.165, 1.54) is 0 Å². The van der Waals surface area contributed by atoms with Gasteiger partial charge in [0.15, 0.2) is 0 Å². The lowest BCUT2D eigenvalue weighted by Crippen LogP contribution is -2.35. The van der Waals surface area contributed by atoms with Gasteiger partial charge < -0.3 is 20.9 Å². The van der Waals surface area contributed by atoms with Gasteiger partial charge in [-0.2, -0.15) is 0 Å². The van der Waals surface area contributed by atoms with Gasteiger partial charge in [-0.1, -0.05) is 66.0 Å². The highest BCUT2D eigenvalue weighted by Gasteiger charge is 2.25. The molecule has 4 rings (SSSR count). The summed E-state index contributed by atoms with van der Waals surface area (Å²) in [5, 5.41) is 8.78. The molecule has 0 unspecified atom stereocenters. The first-order chi connectivity index (χ1) is 19.8. The summed E-state index contributed by atoms with van der Waals surface area (Å²) >= 11 is 16.4. The average molecular weight is 678 g/mol. The van der Waals surface area contributed by atoms with Crippen LogP contribution < -0.4 is 20.9 Å². The number of amides is 3. The molecule has 7 nitrogen and oxygen atoms in total. The highest BCUT2D eigenvalue weighted by Crippen LogP contribution is 2.32. The van der Waals surface area contributed by atoms with Gasteiger partial charge in [-0.25, -0.2) is 4.39 Å². The van der Waals surface area contributed by atoms with Crippen molar-refractivity contribution in [2.24, 2.45) is 5.41 Å². The Labute approximate surface area is 263 Å². The third-order valence-electron chi connectivity index (χ3n) is 6.89. The molecular weight excluding hydrogens is 646 g/mol. The Bertz CT molecular complexity index is 1490. The second-order valence-electron chi connectivity index (χ2n) is 11.1. The fourth-order valence-electron chi connectivity index (χ4n) is 4.47. The van der Waals surface area contributed by atoms with E-state index in [0.717, 1.165) is 4.47 Å². The van der Waals surface area contributed by atoms with Crippen LogP contribution in [-0.2, 0) is 11.3 Å². The molecule has 3 aromatic carbocycles. The van der Waals surface area contributed by atoms with Gasteiger partial charge in [0.1, 0.15) is 6.17 Å². The number of piperidine rings is 1. The van der Waals surface area contributed by atoms with Crippen LogP contribution in [0.3, 0.4) is 0 Å². The Morgan fingerprint density at radius 1 is 0.929 bits per heavy atom. The molecule has 1 saturated heterocycles. The molecule has 0 bridgehead atoms. The topological polar surface area (TPSA) is 90.5 Å². The zero-order valence-corrected chi connectivity index (χ0v) is 26.6. The van der Waals surface area contributed by atoms with Gasteiger partial charge in [-0.05, 0) is 66.9 Å². The Morgan fingerprint density at radius 2 is 1.55 bits per heavy atom. The van der Waals surface area contributed by atoms with Gasteiger partial charge in [0.05, 0.1) is 21.2 Å². The monoisotopic (exact) mass is 676 g/mol. The van der Waals surface area contributed by atoms with Crippen molar-refractivity contribution < 1.29 is 18.8 Å². The minimum atomic E-state index is -0.869. The van der Waals surface area contributed by atoms with Crippen LogP contribution in [0.4, 0.5) is 21.5 Å². The van der Waals surface area contributed by atoms with Crippen molar-refractivity contribution in [2.45, 2.75) is 46.3 Å². The van der Waals surface area contributed by atoms with Gasteiger partial charge in [-0.15, -0.1) is 0 Å². The molecule has 3 aromatic rings. The molecule has 0 saturated carbocycles. The van der Waals surface area contributed by atoms with Crippen LogP contribution in [0.15, 0.2) is 59.1 Å². The number of nitrogens with zero attached hydrogens (tertiary/aromatic N) is 1. The van der Waals surface area contributed by atoms with Gasteiger partial charge in [-0.3, -0.25) is 14.4 Å². The molecular formula is C31H32BrCl2FN4O3. The molecule has 0 aromatic heterocycles. The third kappa shape index (κ3) is 7.82. The van der Waals surface area contributed by atoms with Crippen molar-refractivity contribution in [3.05, 3.63) is 85.8 Å². The average Bonchev–Trinajstić information content (AvgIpc) is 2.93. The maximum atomic E-state index is 13.9. The van der Waals surface area contributed by atoms with Crippen LogP contribution in [0.1, 0.15) is 59.9 Å². The summed E-state index contributed by atoms with van der Waals surface area (Å²) in [5.41, 5.74) is 1.91. The molecule has 11 heteroatoms. The second-order valence-corrected chi connectivity index (χ2v) is 12.8. The lowest BCUT2D eigenvalue weighted by Gasteiger charge is -2.32. The quantitative estimate of drug-likeness (QED) is 0.238. The molecule has 1 aliphatic rings. The van der Waals surface area contributed by atoms with E-state index in [4.69, 9.17) is 23.2 Å². The predicted octanol–water partition coefficient (Wildman–Crippen LogP) is 7.86. The smallest absolute Gasteiger partial charge is 0.258 e. The highest BCUT2D eigenvalue weighted by atomic mass is 79.9. The number of anilines is 3. The fourth-order valence-corrected chi connectivity index (χ4v) is 5.34. The maximum Gasteiger partial charge on any atom is 0.258 e. The summed E-state index contributed by atoms with van der Waals surface area (Å²) in [4.78, 5) is 41.2. The molecule has 0 radical (unpaired) electrons. The SMILES string of the molecule is CC(C)(C)C(=O)NCc1ccc(Cl)c(C(=O)Nc2ccc(N3CCC(F)CC3)c(C(=O)Nc3ccc(Br)cc3)c2)c1Cl. The summed E-state index contributed by atoms with van der Waals surface area (Å²) < 4.78 is 14.7. The third-order valence-corrected chi connectivity index (χ3v) is 8.16. The molecule has 42 heavy (non-hydrogen) atoms. The number of hydrogen-bond acceptors (Lipinski definition) is 4. The lowest BCUT2D eigenvalue weighted by atomic mass is 9.95. The van der Waals surface area contributed by atoms with Crippen LogP contribution in [0, 0.1) is 5.41 Å². The maximum absolute atomic E-state index is 13.9. The Kier molecular flexibility index (Phi) is 10.2. The number of carbonyl (C=O) groups excluding carboxylic acids is 3. The van der Waals surface area contributed by atoms with Crippen molar-refractivity contribution in [3.63, 3.8) is 0 Å². The van der Waals surface area contributed by atoms with Crippen LogP contribution in [0.5, 0.6) is 0 Å². The van der Waals surface area contributed by atoms with E-state index in [9.17, 15) is 18.8 Å². The molecule has 1 aliphatic heterocycles. The van der Waals surface area contributed by atoms with Crippen molar-refractivity contribution in [1.82, 2.24) is 5.32 Å². The highest BCUT2D eigenvalue weighted by molar-refractivity contribution is 9.10. The van der Waals surface area contributed by atoms with Crippen LogP contribution >= 0.6 is 39.1 Å². The zero-order valence-electron chi connectivity index (χ0n) is 23.5. The van der Waals surface area contributed by atoms with Crippen LogP contribution in [-0.4, -0.2) is 37.0 Å². The van der Waals surface area contributed by atoms with E-state index in [1.54, 1.807) is 63.2 Å².